The molecule has 0 aliphatic carbocycles. The molecule has 0 fully saturated rings. The van der Waals surface area contributed by atoms with Gasteiger partial charge in [0.2, 0.25) is 0 Å². The van der Waals surface area contributed by atoms with E-state index in [0.717, 1.165) is 27.2 Å². The van der Waals surface area contributed by atoms with E-state index in [1.54, 1.807) is 14.2 Å². The molecule has 0 aliphatic rings. The summed E-state index contributed by atoms with van der Waals surface area (Å²) < 4.78 is 15.0. The molecule has 0 saturated carbocycles. The van der Waals surface area contributed by atoms with Crippen molar-refractivity contribution in [3.05, 3.63) is 47.1 Å². The van der Waals surface area contributed by atoms with Crippen LogP contribution in [0.3, 0.4) is 0 Å². The van der Waals surface area contributed by atoms with E-state index in [-0.39, 0.29) is 14.7 Å². The Balaban J connectivity index is 2.25. The fourth-order valence-corrected chi connectivity index (χ4v) is 4.75. The fraction of sp³-hybridized carbons (Fsp3) is 0.133. The van der Waals surface area contributed by atoms with Crippen molar-refractivity contribution < 1.29 is 9.47 Å². The van der Waals surface area contributed by atoms with Gasteiger partial charge in [-0.1, -0.05) is 0 Å². The van der Waals surface area contributed by atoms with Crippen LogP contribution in [0.5, 0.6) is 11.5 Å². The monoisotopic (exact) mass is 351 g/mol. The maximum absolute atomic E-state index is 5.60. The second-order valence-electron chi connectivity index (χ2n) is 4.26. The van der Waals surface area contributed by atoms with E-state index in [1.807, 2.05) is 24.3 Å². The molecular formula is C15H13NO2SSe. The van der Waals surface area contributed by atoms with Crippen molar-refractivity contribution in [3.8, 4) is 17.2 Å². The number of nitrogens with zero attached hydrogens (tertiary/aromatic N) is 1. The van der Waals surface area contributed by atoms with Gasteiger partial charge in [-0.15, -0.1) is 0 Å². The molecule has 3 nitrogen and oxygen atoms in total. The maximum atomic E-state index is 5.60. The van der Waals surface area contributed by atoms with Gasteiger partial charge in [-0.2, -0.15) is 0 Å². The van der Waals surface area contributed by atoms with Crippen LogP contribution >= 0.6 is 12.2 Å². The van der Waals surface area contributed by atoms with Crippen LogP contribution in [0.2, 0.25) is 0 Å². The Bertz CT molecular complexity index is 800. The predicted octanol–water partition coefficient (Wildman–Crippen LogP) is 3.43. The first-order valence-electron chi connectivity index (χ1n) is 6.07. The van der Waals surface area contributed by atoms with Gasteiger partial charge < -0.3 is 0 Å². The minimum atomic E-state index is 0.158. The molecule has 5 heteroatoms. The Kier molecular flexibility index (Phi) is 3.66. The van der Waals surface area contributed by atoms with Crippen molar-refractivity contribution in [1.29, 1.82) is 0 Å². The third-order valence-electron chi connectivity index (χ3n) is 3.06. The zero-order chi connectivity index (χ0) is 14.1. The third kappa shape index (κ3) is 2.29. The van der Waals surface area contributed by atoms with E-state index < -0.39 is 0 Å². The SMILES string of the molecule is COc1cc(OC)cc(-n2[se]c3ccccc3c2=S)c1. The van der Waals surface area contributed by atoms with Crippen LogP contribution in [0.25, 0.3) is 15.3 Å². The Morgan fingerprint density at radius 3 is 2.25 bits per heavy atom. The van der Waals surface area contributed by atoms with Crippen LogP contribution in [0.1, 0.15) is 0 Å². The molecule has 20 heavy (non-hydrogen) atoms. The predicted molar refractivity (Wildman–Crippen MR) is 84.2 cm³/mol. The van der Waals surface area contributed by atoms with E-state index in [4.69, 9.17) is 21.7 Å². The summed E-state index contributed by atoms with van der Waals surface area (Å²) in [7, 11) is 3.31. The second-order valence-corrected chi connectivity index (χ2v) is 6.72. The number of hydrogen-bond acceptors (Lipinski definition) is 3. The van der Waals surface area contributed by atoms with Crippen molar-refractivity contribution in [2.75, 3.05) is 14.2 Å². The fourth-order valence-electron chi connectivity index (χ4n) is 2.05. The van der Waals surface area contributed by atoms with Crippen LogP contribution in [0.15, 0.2) is 42.5 Å². The summed E-state index contributed by atoms with van der Waals surface area (Å²) in [4.78, 5) is 0. The van der Waals surface area contributed by atoms with Crippen molar-refractivity contribution in [2.24, 2.45) is 0 Å². The molecule has 3 rings (SSSR count). The molecule has 0 amide bonds. The van der Waals surface area contributed by atoms with E-state index in [2.05, 4.69) is 21.8 Å². The van der Waals surface area contributed by atoms with E-state index in [9.17, 15) is 0 Å². The summed E-state index contributed by atoms with van der Waals surface area (Å²) in [6, 6.07) is 14.1. The van der Waals surface area contributed by atoms with Gasteiger partial charge in [-0.25, -0.2) is 0 Å². The molecule has 0 spiro atoms. The van der Waals surface area contributed by atoms with Gasteiger partial charge in [0.1, 0.15) is 0 Å². The zero-order valence-electron chi connectivity index (χ0n) is 11.1. The first kappa shape index (κ1) is 13.4. The van der Waals surface area contributed by atoms with Gasteiger partial charge in [0, 0.05) is 0 Å². The van der Waals surface area contributed by atoms with Crippen LogP contribution in [0, 0.1) is 4.64 Å². The number of benzene rings is 2. The molecule has 0 bridgehead atoms. The number of fused-ring (bicyclic) bond motifs is 1. The topological polar surface area (TPSA) is 23.4 Å². The van der Waals surface area contributed by atoms with Gasteiger partial charge in [-0.05, 0) is 0 Å². The van der Waals surface area contributed by atoms with Gasteiger partial charge in [0.25, 0.3) is 0 Å². The Morgan fingerprint density at radius 1 is 1.00 bits per heavy atom. The zero-order valence-corrected chi connectivity index (χ0v) is 13.7. The summed E-state index contributed by atoms with van der Waals surface area (Å²) in [5.41, 5.74) is 1.02. The molecule has 3 aromatic rings. The van der Waals surface area contributed by atoms with Gasteiger partial charge in [0.15, 0.2) is 0 Å². The third-order valence-corrected chi connectivity index (χ3v) is 6.09. The molecule has 1 aromatic heterocycles. The average molecular weight is 350 g/mol. The van der Waals surface area contributed by atoms with Crippen LogP contribution < -0.4 is 9.47 Å². The summed E-state index contributed by atoms with van der Waals surface area (Å²) in [5, 5.41) is 1.16. The average Bonchev–Trinajstić information content (AvgIpc) is 2.84. The van der Waals surface area contributed by atoms with Crippen molar-refractivity contribution in [2.45, 2.75) is 0 Å². The molecule has 0 atom stereocenters. The van der Waals surface area contributed by atoms with Crippen molar-refractivity contribution in [1.82, 2.24) is 3.56 Å². The van der Waals surface area contributed by atoms with Crippen molar-refractivity contribution >= 4 is 36.6 Å². The van der Waals surface area contributed by atoms with Gasteiger partial charge in [0.05, 0.1) is 0 Å². The summed E-state index contributed by atoms with van der Waals surface area (Å²) in [6.45, 7) is 0. The van der Waals surface area contributed by atoms with Crippen LogP contribution in [-0.4, -0.2) is 32.5 Å². The molecule has 1 heterocycles. The Labute approximate surface area is 128 Å². The molecule has 0 N–H and O–H groups in total. The number of methoxy groups -OCH3 is 2. The second kappa shape index (κ2) is 5.44. The van der Waals surface area contributed by atoms with E-state index in [0.29, 0.717) is 0 Å². The molecule has 102 valence electrons. The number of ether oxygens (including phenoxy) is 2. The first-order valence-corrected chi connectivity index (χ1v) is 8.10. The van der Waals surface area contributed by atoms with E-state index >= 15 is 0 Å². The number of hydrogen-bond donors (Lipinski definition) is 0. The summed E-state index contributed by atoms with van der Waals surface area (Å²) in [5.74, 6) is 1.54. The molecule has 0 radical (unpaired) electrons. The molecular weight excluding hydrogens is 337 g/mol. The summed E-state index contributed by atoms with van der Waals surface area (Å²) in [6.07, 6.45) is 0. The standard InChI is InChI=1S/C15H13NO2SSe/c1-17-11-7-10(8-12(9-11)18-2)16-15(19)13-5-3-4-6-14(13)20-16/h3-9H,1-2H3. The number of rotatable bonds is 3. The molecule has 0 unspecified atom stereocenters. The number of aromatic nitrogens is 1. The quantitative estimate of drug-likeness (QED) is 0.534. The molecule has 0 aliphatic heterocycles. The van der Waals surface area contributed by atoms with Gasteiger partial charge in [-0.3, -0.25) is 0 Å². The molecule has 0 saturated heterocycles. The Hall–Kier alpha value is -1.55. The van der Waals surface area contributed by atoms with E-state index in [1.165, 1.54) is 4.26 Å². The Morgan fingerprint density at radius 2 is 1.65 bits per heavy atom. The van der Waals surface area contributed by atoms with Crippen LogP contribution in [-0.2, 0) is 0 Å². The van der Waals surface area contributed by atoms with Crippen LogP contribution in [0.4, 0.5) is 0 Å². The van der Waals surface area contributed by atoms with Gasteiger partial charge >= 0.3 is 128 Å². The van der Waals surface area contributed by atoms with Crippen molar-refractivity contribution in [3.63, 3.8) is 0 Å². The first-order chi connectivity index (χ1) is 9.72. The summed E-state index contributed by atoms with van der Waals surface area (Å²) >= 11 is 5.75. The normalized spacial score (nSPS) is 10.7. The minimum absolute atomic E-state index is 0.158. The molecule has 2 aromatic carbocycles.